The Morgan fingerprint density at radius 1 is 1.23 bits per heavy atom. The molecule has 22 heavy (non-hydrogen) atoms. The lowest BCUT2D eigenvalue weighted by atomic mass is 9.99. The van der Waals surface area contributed by atoms with E-state index in [2.05, 4.69) is 5.32 Å². The summed E-state index contributed by atoms with van der Waals surface area (Å²) in [5, 5.41) is 2.99. The number of benzene rings is 1. The molecule has 1 saturated carbocycles. The van der Waals surface area contributed by atoms with Crippen molar-refractivity contribution in [2.24, 2.45) is 5.92 Å². The van der Waals surface area contributed by atoms with Gasteiger partial charge in [-0.2, -0.15) is 0 Å². The van der Waals surface area contributed by atoms with Crippen molar-refractivity contribution >= 4 is 5.91 Å². The number of nitrogens with one attached hydrogen (secondary N) is 1. The molecule has 1 aromatic carbocycles. The van der Waals surface area contributed by atoms with Gasteiger partial charge in [0.2, 0.25) is 5.91 Å². The number of likely N-dealkylation sites (tertiary alicyclic amines) is 1. The van der Waals surface area contributed by atoms with Crippen molar-refractivity contribution in [1.82, 2.24) is 10.2 Å². The highest BCUT2D eigenvalue weighted by Gasteiger charge is 2.39. The molecular weight excluding hydrogens is 293 g/mol. The first kappa shape index (κ1) is 15.3. The summed E-state index contributed by atoms with van der Waals surface area (Å²) < 4.78 is 40.2. The summed E-state index contributed by atoms with van der Waals surface area (Å²) in [5.74, 6) is -3.74. The molecule has 0 spiro atoms. The fourth-order valence-corrected chi connectivity index (χ4v) is 3.20. The van der Waals surface area contributed by atoms with Crippen LogP contribution in [-0.2, 0) is 4.79 Å². The number of amides is 1. The average molecular weight is 312 g/mol. The first-order valence-corrected chi connectivity index (χ1v) is 7.70. The van der Waals surface area contributed by atoms with E-state index in [1.54, 1.807) is 0 Å². The second-order valence-corrected chi connectivity index (χ2v) is 6.05. The molecule has 3 nitrogen and oxygen atoms in total. The minimum absolute atomic E-state index is 0.0102. The standard InChI is InChI=1S/C16H19F3N2O/c1-2-21-6-5-13(20-16(22)9-3-4-9)15(21)10-7-11(17)14(19)12(18)8-10/h7-9,13,15H,2-6H2,1H3,(H,20,22)/t13-,15+/m1/s1. The van der Waals surface area contributed by atoms with E-state index in [-0.39, 0.29) is 23.9 Å². The van der Waals surface area contributed by atoms with Gasteiger partial charge in [0, 0.05) is 18.5 Å². The maximum absolute atomic E-state index is 13.5. The third-order valence-corrected chi connectivity index (χ3v) is 4.53. The molecule has 120 valence electrons. The summed E-state index contributed by atoms with van der Waals surface area (Å²) in [6, 6.07) is 1.55. The van der Waals surface area contributed by atoms with E-state index in [1.165, 1.54) is 0 Å². The van der Waals surface area contributed by atoms with Crippen LogP contribution in [-0.4, -0.2) is 29.9 Å². The minimum atomic E-state index is -1.46. The Balaban J connectivity index is 1.87. The molecule has 2 aliphatic rings. The molecule has 1 saturated heterocycles. The van der Waals surface area contributed by atoms with Gasteiger partial charge in [-0.15, -0.1) is 0 Å². The van der Waals surface area contributed by atoms with Crippen LogP contribution in [0.4, 0.5) is 13.2 Å². The number of nitrogens with zero attached hydrogens (tertiary/aromatic N) is 1. The van der Waals surface area contributed by atoms with E-state index < -0.39 is 17.5 Å². The maximum atomic E-state index is 13.5. The van der Waals surface area contributed by atoms with Crippen molar-refractivity contribution in [3.8, 4) is 0 Å². The smallest absolute Gasteiger partial charge is 0.223 e. The van der Waals surface area contributed by atoms with Crippen molar-refractivity contribution in [2.45, 2.75) is 38.3 Å². The zero-order valence-electron chi connectivity index (χ0n) is 12.4. The van der Waals surface area contributed by atoms with Crippen molar-refractivity contribution in [1.29, 1.82) is 0 Å². The van der Waals surface area contributed by atoms with E-state index in [4.69, 9.17) is 0 Å². The van der Waals surface area contributed by atoms with E-state index in [1.807, 2.05) is 11.8 Å². The van der Waals surface area contributed by atoms with E-state index in [0.29, 0.717) is 12.1 Å². The summed E-state index contributed by atoms with van der Waals surface area (Å²) in [7, 11) is 0. The van der Waals surface area contributed by atoms with Crippen LogP contribution in [0, 0.1) is 23.4 Å². The highest BCUT2D eigenvalue weighted by Crippen LogP contribution is 2.35. The highest BCUT2D eigenvalue weighted by molar-refractivity contribution is 5.81. The zero-order chi connectivity index (χ0) is 15.9. The molecule has 2 fully saturated rings. The summed E-state index contributed by atoms with van der Waals surface area (Å²) >= 11 is 0. The number of hydrogen-bond donors (Lipinski definition) is 1. The van der Waals surface area contributed by atoms with Crippen molar-refractivity contribution in [2.75, 3.05) is 13.1 Å². The van der Waals surface area contributed by atoms with Crippen LogP contribution in [0.3, 0.4) is 0 Å². The average Bonchev–Trinajstić information content (AvgIpc) is 3.26. The SMILES string of the molecule is CCN1CC[C@@H](NC(=O)C2CC2)[C@@H]1c1cc(F)c(F)c(F)c1. The Hall–Kier alpha value is -1.56. The van der Waals surface area contributed by atoms with Gasteiger partial charge in [0.1, 0.15) is 0 Å². The largest absolute Gasteiger partial charge is 0.351 e. The molecule has 1 heterocycles. The molecule has 0 unspecified atom stereocenters. The molecule has 3 rings (SSSR count). The first-order chi connectivity index (χ1) is 10.5. The van der Waals surface area contributed by atoms with Crippen LogP contribution in [0.15, 0.2) is 12.1 Å². The van der Waals surface area contributed by atoms with Gasteiger partial charge < -0.3 is 5.32 Å². The topological polar surface area (TPSA) is 32.3 Å². The van der Waals surface area contributed by atoms with Gasteiger partial charge in [0.25, 0.3) is 0 Å². The minimum Gasteiger partial charge on any atom is -0.351 e. The molecular formula is C16H19F3N2O. The van der Waals surface area contributed by atoms with Crippen LogP contribution in [0.5, 0.6) is 0 Å². The van der Waals surface area contributed by atoms with Crippen LogP contribution < -0.4 is 5.32 Å². The monoisotopic (exact) mass is 312 g/mol. The molecule has 1 aliphatic heterocycles. The second kappa shape index (κ2) is 5.91. The number of hydrogen-bond acceptors (Lipinski definition) is 2. The summed E-state index contributed by atoms with van der Waals surface area (Å²) in [4.78, 5) is 14.0. The van der Waals surface area contributed by atoms with Crippen LogP contribution in [0.1, 0.15) is 37.8 Å². The third kappa shape index (κ3) is 2.84. The number of carbonyl (C=O) groups excluding carboxylic acids is 1. The molecule has 6 heteroatoms. The summed E-state index contributed by atoms with van der Waals surface area (Å²) in [6.07, 6.45) is 2.53. The van der Waals surface area contributed by atoms with Crippen molar-refractivity contribution in [3.05, 3.63) is 35.1 Å². The Labute approximate surface area is 127 Å². The van der Waals surface area contributed by atoms with E-state index in [9.17, 15) is 18.0 Å². The number of likely N-dealkylation sites (N-methyl/N-ethyl adjacent to an activating group) is 1. The lowest BCUT2D eigenvalue weighted by Gasteiger charge is -2.28. The van der Waals surface area contributed by atoms with Crippen LogP contribution in [0.2, 0.25) is 0 Å². The van der Waals surface area contributed by atoms with Gasteiger partial charge in [-0.25, -0.2) is 13.2 Å². The molecule has 0 aromatic heterocycles. The fraction of sp³-hybridized carbons (Fsp3) is 0.562. The van der Waals surface area contributed by atoms with Crippen molar-refractivity contribution < 1.29 is 18.0 Å². The molecule has 1 aromatic rings. The maximum Gasteiger partial charge on any atom is 0.223 e. The van der Waals surface area contributed by atoms with Gasteiger partial charge in [0.15, 0.2) is 17.5 Å². The number of carbonyl (C=O) groups is 1. The predicted octanol–water partition coefficient (Wildman–Crippen LogP) is 2.77. The first-order valence-electron chi connectivity index (χ1n) is 7.70. The normalized spacial score (nSPS) is 25.5. The molecule has 1 amide bonds. The van der Waals surface area contributed by atoms with Gasteiger partial charge in [0.05, 0.1) is 6.04 Å². The number of rotatable bonds is 4. The Morgan fingerprint density at radius 3 is 2.41 bits per heavy atom. The van der Waals surface area contributed by atoms with Crippen LogP contribution >= 0.6 is 0 Å². The zero-order valence-corrected chi connectivity index (χ0v) is 12.4. The number of halogens is 3. The van der Waals surface area contributed by atoms with Gasteiger partial charge in [-0.3, -0.25) is 9.69 Å². The molecule has 1 N–H and O–H groups in total. The van der Waals surface area contributed by atoms with Gasteiger partial charge >= 0.3 is 0 Å². The third-order valence-electron chi connectivity index (χ3n) is 4.53. The summed E-state index contributed by atoms with van der Waals surface area (Å²) in [6.45, 7) is 3.38. The van der Waals surface area contributed by atoms with Crippen LogP contribution in [0.25, 0.3) is 0 Å². The molecule has 0 radical (unpaired) electrons. The van der Waals surface area contributed by atoms with E-state index >= 15 is 0 Å². The highest BCUT2D eigenvalue weighted by atomic mass is 19.2. The lowest BCUT2D eigenvalue weighted by Crippen LogP contribution is -2.40. The van der Waals surface area contributed by atoms with Gasteiger partial charge in [-0.05, 0) is 43.5 Å². The lowest BCUT2D eigenvalue weighted by molar-refractivity contribution is -0.123. The Kier molecular flexibility index (Phi) is 4.12. The molecule has 1 aliphatic carbocycles. The summed E-state index contributed by atoms with van der Waals surface area (Å²) in [5.41, 5.74) is 0.372. The Morgan fingerprint density at radius 2 is 1.86 bits per heavy atom. The van der Waals surface area contributed by atoms with Crippen molar-refractivity contribution in [3.63, 3.8) is 0 Å². The molecule has 2 atom stereocenters. The molecule has 0 bridgehead atoms. The predicted molar refractivity (Wildman–Crippen MR) is 75.6 cm³/mol. The quantitative estimate of drug-likeness (QED) is 0.867. The fourth-order valence-electron chi connectivity index (χ4n) is 3.20. The second-order valence-electron chi connectivity index (χ2n) is 6.05. The van der Waals surface area contributed by atoms with E-state index in [0.717, 1.165) is 37.9 Å². The Bertz CT molecular complexity index is 566. The van der Waals surface area contributed by atoms with Gasteiger partial charge in [-0.1, -0.05) is 6.92 Å².